The molecule has 1 aliphatic rings. The number of carbonyl (C=O) groups is 2. The van der Waals surface area contributed by atoms with Crippen LogP contribution in [0.2, 0.25) is 0 Å². The van der Waals surface area contributed by atoms with Crippen molar-refractivity contribution in [1.29, 1.82) is 0 Å². The molecule has 0 spiro atoms. The van der Waals surface area contributed by atoms with Crippen molar-refractivity contribution in [3.05, 3.63) is 71.9 Å². The molecule has 1 atom stereocenters. The fraction of sp³-hybridized carbons (Fsp3) is 0.136. The van der Waals surface area contributed by atoms with E-state index >= 15 is 0 Å². The fourth-order valence-corrected chi connectivity index (χ4v) is 3.26. The van der Waals surface area contributed by atoms with Gasteiger partial charge in [0.25, 0.3) is 5.91 Å². The lowest BCUT2D eigenvalue weighted by Crippen LogP contribution is -2.42. The Bertz CT molecular complexity index is 1060. The molecule has 1 unspecified atom stereocenters. The molecule has 146 valence electrons. The molecular formula is C22H20N4O3. The minimum Gasteiger partial charge on any atom is -0.497 e. The third-order valence-electron chi connectivity index (χ3n) is 4.86. The van der Waals surface area contributed by atoms with Gasteiger partial charge >= 0.3 is 0 Å². The Morgan fingerprint density at radius 1 is 1.03 bits per heavy atom. The molecule has 7 nitrogen and oxygen atoms in total. The smallest absolute Gasteiger partial charge is 0.254 e. The number of carbonyl (C=O) groups excluding carboxylic acids is 2. The Morgan fingerprint density at radius 2 is 1.79 bits per heavy atom. The molecule has 2 heterocycles. The van der Waals surface area contributed by atoms with E-state index in [2.05, 4.69) is 15.6 Å². The number of anilines is 2. The Kier molecular flexibility index (Phi) is 4.87. The molecule has 2 aromatic carbocycles. The summed E-state index contributed by atoms with van der Waals surface area (Å²) in [7, 11) is 1.53. The number of rotatable bonds is 4. The summed E-state index contributed by atoms with van der Waals surface area (Å²) in [6.45, 7) is 0. The third-order valence-corrected chi connectivity index (χ3v) is 4.86. The number of aromatic nitrogens is 1. The standard InChI is InChI=1S/C22H20N4O3/c1-29-16-7-8-18-17(11-16)21(27)26-19(22(28)25-18)10-13-2-4-14(5-3-13)15-6-9-20(23)24-12-15/h2-9,11-12,19H,10H2,1H3,(H2,23,24)(H,25,28)(H,26,27). The first-order chi connectivity index (χ1) is 14.0. The molecule has 4 rings (SSSR count). The van der Waals surface area contributed by atoms with Crippen LogP contribution in [-0.4, -0.2) is 29.9 Å². The zero-order valence-electron chi connectivity index (χ0n) is 15.8. The number of nitrogens with one attached hydrogen (secondary N) is 2. The summed E-state index contributed by atoms with van der Waals surface area (Å²) in [4.78, 5) is 29.3. The topological polar surface area (TPSA) is 106 Å². The van der Waals surface area contributed by atoms with Crippen LogP contribution in [0.25, 0.3) is 11.1 Å². The van der Waals surface area contributed by atoms with Gasteiger partial charge in [-0.1, -0.05) is 24.3 Å². The summed E-state index contributed by atoms with van der Waals surface area (Å²) in [6.07, 6.45) is 2.10. The second-order valence-electron chi connectivity index (χ2n) is 6.80. The van der Waals surface area contributed by atoms with E-state index in [1.54, 1.807) is 30.5 Å². The number of fused-ring (bicyclic) bond motifs is 1. The molecule has 1 aliphatic heterocycles. The molecule has 1 aromatic heterocycles. The number of pyridine rings is 1. The second-order valence-corrected chi connectivity index (χ2v) is 6.80. The molecule has 2 amide bonds. The van der Waals surface area contributed by atoms with Crippen molar-refractivity contribution in [2.24, 2.45) is 0 Å². The maximum Gasteiger partial charge on any atom is 0.254 e. The quantitative estimate of drug-likeness (QED) is 0.637. The van der Waals surface area contributed by atoms with E-state index in [4.69, 9.17) is 10.5 Å². The highest BCUT2D eigenvalue weighted by Crippen LogP contribution is 2.25. The summed E-state index contributed by atoms with van der Waals surface area (Å²) in [6, 6.07) is 15.8. The summed E-state index contributed by atoms with van der Waals surface area (Å²) >= 11 is 0. The summed E-state index contributed by atoms with van der Waals surface area (Å²) in [5.74, 6) is 0.458. The van der Waals surface area contributed by atoms with Crippen molar-refractivity contribution in [1.82, 2.24) is 10.3 Å². The lowest BCUT2D eigenvalue weighted by molar-refractivity contribution is -0.117. The molecule has 7 heteroatoms. The van der Waals surface area contributed by atoms with E-state index in [0.717, 1.165) is 16.7 Å². The summed E-state index contributed by atoms with van der Waals surface area (Å²) in [5.41, 5.74) is 9.36. The van der Waals surface area contributed by atoms with Crippen molar-refractivity contribution in [3.8, 4) is 16.9 Å². The molecule has 0 aliphatic carbocycles. The van der Waals surface area contributed by atoms with Gasteiger partial charge in [-0.2, -0.15) is 0 Å². The molecule has 0 bridgehead atoms. The normalized spacial score (nSPS) is 15.7. The highest BCUT2D eigenvalue weighted by molar-refractivity contribution is 6.10. The summed E-state index contributed by atoms with van der Waals surface area (Å²) in [5, 5.41) is 5.63. The van der Waals surface area contributed by atoms with Crippen molar-refractivity contribution >= 4 is 23.3 Å². The van der Waals surface area contributed by atoms with Crippen molar-refractivity contribution in [2.45, 2.75) is 12.5 Å². The van der Waals surface area contributed by atoms with Crippen LogP contribution in [-0.2, 0) is 11.2 Å². The van der Waals surface area contributed by atoms with Gasteiger partial charge in [-0.05, 0) is 41.5 Å². The average Bonchev–Trinajstić information content (AvgIpc) is 2.85. The first-order valence-electron chi connectivity index (χ1n) is 9.14. The fourth-order valence-electron chi connectivity index (χ4n) is 3.26. The van der Waals surface area contributed by atoms with Crippen molar-refractivity contribution in [2.75, 3.05) is 18.2 Å². The lowest BCUT2D eigenvalue weighted by atomic mass is 10.0. The van der Waals surface area contributed by atoms with Gasteiger partial charge in [0.05, 0.1) is 18.4 Å². The highest BCUT2D eigenvalue weighted by Gasteiger charge is 2.28. The largest absolute Gasteiger partial charge is 0.497 e. The number of nitrogens with two attached hydrogens (primary N) is 1. The number of methoxy groups -OCH3 is 1. The molecule has 4 N–H and O–H groups in total. The van der Waals surface area contributed by atoms with Crippen LogP contribution in [0.3, 0.4) is 0 Å². The maximum absolute atomic E-state index is 12.6. The zero-order chi connectivity index (χ0) is 20.4. The van der Waals surface area contributed by atoms with Crippen molar-refractivity contribution < 1.29 is 14.3 Å². The van der Waals surface area contributed by atoms with Gasteiger partial charge in [0.1, 0.15) is 17.6 Å². The van der Waals surface area contributed by atoms with E-state index < -0.39 is 6.04 Å². The van der Waals surface area contributed by atoms with E-state index in [1.165, 1.54) is 7.11 Å². The highest BCUT2D eigenvalue weighted by atomic mass is 16.5. The number of hydrogen-bond acceptors (Lipinski definition) is 5. The van der Waals surface area contributed by atoms with Gasteiger partial charge in [0.15, 0.2) is 0 Å². The number of nitrogens with zero attached hydrogens (tertiary/aromatic N) is 1. The minimum atomic E-state index is -0.676. The van der Waals surface area contributed by atoms with Gasteiger partial charge < -0.3 is 21.1 Å². The van der Waals surface area contributed by atoms with Crippen LogP contribution < -0.4 is 21.1 Å². The number of nitrogen functional groups attached to an aromatic ring is 1. The molecule has 3 aromatic rings. The van der Waals surface area contributed by atoms with Crippen LogP contribution in [0.15, 0.2) is 60.8 Å². The number of benzene rings is 2. The van der Waals surface area contributed by atoms with Gasteiger partial charge in [0, 0.05) is 18.2 Å². The first-order valence-corrected chi connectivity index (χ1v) is 9.14. The number of hydrogen-bond donors (Lipinski definition) is 3. The average molecular weight is 388 g/mol. The zero-order valence-corrected chi connectivity index (χ0v) is 15.8. The van der Waals surface area contributed by atoms with Crippen LogP contribution in [0, 0.1) is 0 Å². The van der Waals surface area contributed by atoms with Gasteiger partial charge in [0.2, 0.25) is 5.91 Å². The van der Waals surface area contributed by atoms with Gasteiger partial charge in [-0.3, -0.25) is 9.59 Å². The predicted octanol–water partition coefficient (Wildman–Crippen LogP) is 2.63. The third kappa shape index (κ3) is 3.89. The first kappa shape index (κ1) is 18.5. The minimum absolute atomic E-state index is 0.255. The van der Waals surface area contributed by atoms with Gasteiger partial charge in [-0.15, -0.1) is 0 Å². The lowest BCUT2D eigenvalue weighted by Gasteiger charge is -2.15. The second kappa shape index (κ2) is 7.63. The molecule has 29 heavy (non-hydrogen) atoms. The van der Waals surface area contributed by atoms with Crippen LogP contribution >= 0.6 is 0 Å². The van der Waals surface area contributed by atoms with Crippen LogP contribution in [0.4, 0.5) is 11.5 Å². The van der Waals surface area contributed by atoms with E-state index in [9.17, 15) is 9.59 Å². The SMILES string of the molecule is COc1ccc2c(c1)C(=O)NC(Cc1ccc(-c3ccc(N)nc3)cc1)C(=O)N2. The van der Waals surface area contributed by atoms with E-state index in [0.29, 0.717) is 29.2 Å². The van der Waals surface area contributed by atoms with Crippen molar-refractivity contribution in [3.63, 3.8) is 0 Å². The molecule has 0 saturated heterocycles. The number of ether oxygens (including phenoxy) is 1. The maximum atomic E-state index is 12.6. The molecule has 0 fully saturated rings. The molecule has 0 saturated carbocycles. The molecular weight excluding hydrogens is 368 g/mol. The predicted molar refractivity (Wildman–Crippen MR) is 111 cm³/mol. The Hall–Kier alpha value is -3.87. The molecule has 0 radical (unpaired) electrons. The van der Waals surface area contributed by atoms with E-state index in [1.807, 2.05) is 30.3 Å². The van der Waals surface area contributed by atoms with Crippen LogP contribution in [0.1, 0.15) is 15.9 Å². The monoisotopic (exact) mass is 388 g/mol. The Morgan fingerprint density at radius 3 is 2.48 bits per heavy atom. The Balaban J connectivity index is 1.51. The summed E-state index contributed by atoms with van der Waals surface area (Å²) < 4.78 is 5.17. The Labute approximate surface area is 167 Å². The van der Waals surface area contributed by atoms with E-state index in [-0.39, 0.29) is 11.8 Å². The van der Waals surface area contributed by atoms with Gasteiger partial charge in [-0.25, -0.2) is 4.98 Å². The number of amides is 2. The van der Waals surface area contributed by atoms with Crippen LogP contribution in [0.5, 0.6) is 5.75 Å².